The normalized spacial score (nSPS) is 17.9. The van der Waals surface area contributed by atoms with Gasteiger partial charge >= 0.3 is 0 Å². The van der Waals surface area contributed by atoms with E-state index in [0.717, 1.165) is 30.9 Å². The van der Waals surface area contributed by atoms with E-state index < -0.39 is 0 Å². The summed E-state index contributed by atoms with van der Waals surface area (Å²) >= 11 is 1.49. The fourth-order valence-electron chi connectivity index (χ4n) is 1.78. The van der Waals surface area contributed by atoms with Gasteiger partial charge in [-0.25, -0.2) is 4.98 Å². The van der Waals surface area contributed by atoms with Gasteiger partial charge in [0.25, 0.3) is 0 Å². The summed E-state index contributed by atoms with van der Waals surface area (Å²) in [5.74, 6) is 0.690. The molecule has 0 amide bonds. The van der Waals surface area contributed by atoms with Crippen molar-refractivity contribution in [3.8, 4) is 0 Å². The number of ether oxygens (including phenoxy) is 1. The van der Waals surface area contributed by atoms with Crippen molar-refractivity contribution in [2.45, 2.75) is 26.2 Å². The van der Waals surface area contributed by atoms with Gasteiger partial charge in [-0.1, -0.05) is 0 Å². The van der Waals surface area contributed by atoms with Gasteiger partial charge in [0.2, 0.25) is 0 Å². The molecule has 3 nitrogen and oxygen atoms in total. The summed E-state index contributed by atoms with van der Waals surface area (Å²) < 4.78 is 5.27. The van der Waals surface area contributed by atoms with E-state index in [2.05, 4.69) is 4.98 Å². The van der Waals surface area contributed by atoms with E-state index in [1.807, 2.05) is 6.92 Å². The zero-order chi connectivity index (χ0) is 10.7. The highest BCUT2D eigenvalue weighted by Gasteiger charge is 2.19. The van der Waals surface area contributed by atoms with Gasteiger partial charge < -0.3 is 4.74 Å². The molecule has 0 N–H and O–H groups in total. The summed E-state index contributed by atoms with van der Waals surface area (Å²) in [6, 6.07) is 0. The molecule has 0 aromatic carbocycles. The molecule has 1 aliphatic rings. The number of aromatic nitrogens is 1. The Bertz CT molecular complexity index is 342. The first-order valence-corrected chi connectivity index (χ1v) is 6.10. The Morgan fingerprint density at radius 1 is 1.60 bits per heavy atom. The topological polar surface area (TPSA) is 39.2 Å². The van der Waals surface area contributed by atoms with Gasteiger partial charge in [-0.15, -0.1) is 11.3 Å². The molecule has 82 valence electrons. The average Bonchev–Trinajstić information content (AvgIpc) is 2.66. The number of ketones is 1. The van der Waals surface area contributed by atoms with E-state index in [0.29, 0.717) is 17.3 Å². The Labute approximate surface area is 93.5 Å². The maximum absolute atomic E-state index is 11.8. The molecule has 1 aromatic rings. The van der Waals surface area contributed by atoms with Crippen LogP contribution in [0.25, 0.3) is 0 Å². The molecule has 4 heteroatoms. The quantitative estimate of drug-likeness (QED) is 0.742. The molecule has 1 saturated heterocycles. The van der Waals surface area contributed by atoms with Gasteiger partial charge in [-0.3, -0.25) is 4.79 Å². The van der Waals surface area contributed by atoms with Crippen LogP contribution in [0, 0.1) is 12.8 Å². The maximum atomic E-state index is 11.8. The number of Topliss-reactive ketones (excluding diaryl/α,β-unsaturated/α-hetero) is 1. The summed E-state index contributed by atoms with van der Waals surface area (Å²) in [6.07, 6.45) is 4.42. The molecule has 2 rings (SSSR count). The van der Waals surface area contributed by atoms with Crippen LogP contribution in [0.1, 0.15) is 33.9 Å². The Hall–Kier alpha value is -0.740. The Balaban J connectivity index is 1.91. The van der Waals surface area contributed by atoms with Gasteiger partial charge in [0.15, 0.2) is 10.8 Å². The molecule has 1 aliphatic heterocycles. The molecule has 0 bridgehead atoms. The minimum atomic E-state index is 0.194. The van der Waals surface area contributed by atoms with Crippen molar-refractivity contribution in [3.05, 3.63) is 16.1 Å². The highest BCUT2D eigenvalue weighted by Crippen LogP contribution is 2.22. The number of carbonyl (C=O) groups is 1. The number of thiazole rings is 1. The number of hydrogen-bond donors (Lipinski definition) is 0. The zero-order valence-electron chi connectivity index (χ0n) is 8.86. The third-order valence-corrected chi connectivity index (χ3v) is 3.63. The first-order chi connectivity index (χ1) is 7.25. The minimum absolute atomic E-state index is 0.194. The van der Waals surface area contributed by atoms with Crippen LogP contribution in [0.4, 0.5) is 0 Å². The third-order valence-electron chi connectivity index (χ3n) is 2.67. The second-order valence-electron chi connectivity index (χ2n) is 3.96. The summed E-state index contributed by atoms with van der Waals surface area (Å²) in [4.78, 5) is 17.1. The summed E-state index contributed by atoms with van der Waals surface area (Å²) in [7, 11) is 0. The molecule has 0 aliphatic carbocycles. The van der Waals surface area contributed by atoms with Crippen molar-refractivity contribution in [2.24, 2.45) is 5.92 Å². The fourth-order valence-corrected chi connectivity index (χ4v) is 2.50. The highest BCUT2D eigenvalue weighted by molar-refractivity contribution is 7.13. The lowest BCUT2D eigenvalue weighted by Crippen LogP contribution is -2.18. The minimum Gasteiger partial charge on any atom is -0.381 e. The molecule has 0 unspecified atom stereocenters. The van der Waals surface area contributed by atoms with E-state index in [-0.39, 0.29) is 5.78 Å². The molecule has 2 heterocycles. The standard InChI is InChI=1S/C11H15NO2S/c1-8-7-12-11(15-8)10(13)6-9-2-4-14-5-3-9/h7,9H,2-6H2,1H3. The predicted octanol–water partition coefficient (Wildman–Crippen LogP) is 2.45. The molecule has 1 fully saturated rings. The largest absolute Gasteiger partial charge is 0.381 e. The van der Waals surface area contributed by atoms with Crippen molar-refractivity contribution in [1.29, 1.82) is 0 Å². The smallest absolute Gasteiger partial charge is 0.191 e. The second kappa shape index (κ2) is 4.86. The van der Waals surface area contributed by atoms with Crippen LogP contribution in [0.3, 0.4) is 0 Å². The lowest BCUT2D eigenvalue weighted by Gasteiger charge is -2.20. The third kappa shape index (κ3) is 2.86. The van der Waals surface area contributed by atoms with Crippen LogP contribution in [0.15, 0.2) is 6.20 Å². The Morgan fingerprint density at radius 3 is 2.93 bits per heavy atom. The van der Waals surface area contributed by atoms with E-state index in [4.69, 9.17) is 4.74 Å². The molecular formula is C11H15NO2S. The van der Waals surface area contributed by atoms with Crippen molar-refractivity contribution >= 4 is 17.1 Å². The van der Waals surface area contributed by atoms with E-state index in [9.17, 15) is 4.79 Å². The molecule has 0 atom stereocenters. The Morgan fingerprint density at radius 2 is 2.33 bits per heavy atom. The first kappa shape index (κ1) is 10.8. The molecular weight excluding hydrogens is 210 g/mol. The van der Waals surface area contributed by atoms with E-state index in [1.165, 1.54) is 11.3 Å². The number of nitrogens with zero attached hydrogens (tertiary/aromatic N) is 1. The van der Waals surface area contributed by atoms with E-state index in [1.54, 1.807) is 6.20 Å². The summed E-state index contributed by atoms with van der Waals surface area (Å²) in [6.45, 7) is 3.58. The van der Waals surface area contributed by atoms with E-state index >= 15 is 0 Å². The molecule has 1 aromatic heterocycles. The van der Waals surface area contributed by atoms with Gasteiger partial charge in [-0.05, 0) is 25.7 Å². The molecule has 0 radical (unpaired) electrons. The SMILES string of the molecule is Cc1cnc(C(=O)CC2CCOCC2)s1. The van der Waals surface area contributed by atoms with Crippen molar-refractivity contribution in [3.63, 3.8) is 0 Å². The number of carbonyl (C=O) groups excluding carboxylic acids is 1. The van der Waals surface area contributed by atoms with Gasteiger partial charge in [0.1, 0.15) is 0 Å². The van der Waals surface area contributed by atoms with Crippen LogP contribution in [-0.2, 0) is 4.74 Å². The molecule has 0 spiro atoms. The van der Waals surface area contributed by atoms with Gasteiger partial charge in [0.05, 0.1) is 0 Å². The van der Waals surface area contributed by atoms with Crippen LogP contribution < -0.4 is 0 Å². The van der Waals surface area contributed by atoms with Gasteiger partial charge in [0, 0.05) is 30.7 Å². The molecule has 15 heavy (non-hydrogen) atoms. The van der Waals surface area contributed by atoms with Crippen LogP contribution in [-0.4, -0.2) is 24.0 Å². The number of rotatable bonds is 3. The average molecular weight is 225 g/mol. The van der Waals surface area contributed by atoms with Crippen LogP contribution in [0.5, 0.6) is 0 Å². The van der Waals surface area contributed by atoms with Gasteiger partial charge in [-0.2, -0.15) is 0 Å². The maximum Gasteiger partial charge on any atom is 0.191 e. The Kier molecular flexibility index (Phi) is 3.49. The van der Waals surface area contributed by atoms with Crippen LogP contribution >= 0.6 is 11.3 Å². The second-order valence-corrected chi connectivity index (χ2v) is 5.19. The number of hydrogen-bond acceptors (Lipinski definition) is 4. The van der Waals surface area contributed by atoms with Crippen molar-refractivity contribution in [1.82, 2.24) is 4.98 Å². The van der Waals surface area contributed by atoms with Crippen molar-refractivity contribution in [2.75, 3.05) is 13.2 Å². The number of aryl methyl sites for hydroxylation is 1. The van der Waals surface area contributed by atoms with Crippen LogP contribution in [0.2, 0.25) is 0 Å². The summed E-state index contributed by atoms with van der Waals surface area (Å²) in [5.41, 5.74) is 0. The predicted molar refractivity (Wildman–Crippen MR) is 59.3 cm³/mol. The first-order valence-electron chi connectivity index (χ1n) is 5.29. The zero-order valence-corrected chi connectivity index (χ0v) is 9.68. The highest BCUT2D eigenvalue weighted by atomic mass is 32.1. The summed E-state index contributed by atoms with van der Waals surface area (Å²) in [5, 5.41) is 0.666. The monoisotopic (exact) mass is 225 g/mol. The fraction of sp³-hybridized carbons (Fsp3) is 0.636. The van der Waals surface area contributed by atoms with Crippen molar-refractivity contribution < 1.29 is 9.53 Å². The molecule has 0 saturated carbocycles. The lowest BCUT2D eigenvalue weighted by molar-refractivity contribution is 0.0601. The lowest BCUT2D eigenvalue weighted by atomic mass is 9.94.